The maximum absolute atomic E-state index is 12.4. The van der Waals surface area contributed by atoms with Gasteiger partial charge in [0.15, 0.2) is 0 Å². The van der Waals surface area contributed by atoms with Crippen molar-refractivity contribution < 1.29 is 14.6 Å². The summed E-state index contributed by atoms with van der Waals surface area (Å²) >= 11 is 0. The number of methoxy groups -OCH3 is 1. The fourth-order valence-corrected chi connectivity index (χ4v) is 3.09. The van der Waals surface area contributed by atoms with Gasteiger partial charge >= 0.3 is 0 Å². The van der Waals surface area contributed by atoms with Gasteiger partial charge in [-0.25, -0.2) is 4.98 Å². The molecule has 1 aliphatic carbocycles. The largest absolute Gasteiger partial charge is 0.495 e. The highest BCUT2D eigenvalue weighted by Gasteiger charge is 2.35. The van der Waals surface area contributed by atoms with E-state index in [9.17, 15) is 9.90 Å². The van der Waals surface area contributed by atoms with Crippen LogP contribution in [0.5, 0.6) is 5.75 Å². The third-order valence-corrected chi connectivity index (χ3v) is 4.52. The first-order chi connectivity index (χ1) is 12.2. The molecule has 8 heteroatoms. The van der Waals surface area contributed by atoms with Crippen LogP contribution in [0.15, 0.2) is 31.1 Å². The second kappa shape index (κ2) is 8.06. The Labute approximate surface area is 146 Å². The molecule has 1 unspecified atom stereocenters. The molecule has 1 aliphatic rings. The average molecular weight is 345 g/mol. The number of aliphatic hydroxyl groups excluding tert-OH is 1. The van der Waals surface area contributed by atoms with Crippen LogP contribution in [-0.2, 0) is 11.3 Å². The van der Waals surface area contributed by atoms with Crippen molar-refractivity contribution in [3.05, 3.63) is 36.7 Å². The minimum absolute atomic E-state index is 0.0191. The molecule has 1 saturated carbocycles. The Bertz CT molecular complexity index is 685. The molecule has 2 N–H and O–H groups in total. The Hall–Kier alpha value is -2.48. The summed E-state index contributed by atoms with van der Waals surface area (Å²) in [6, 6.07) is 1.72. The normalized spacial score (nSPS) is 20.6. The number of pyridine rings is 1. The number of hydrogen-bond donors (Lipinski definition) is 2. The minimum Gasteiger partial charge on any atom is -0.495 e. The molecule has 25 heavy (non-hydrogen) atoms. The highest BCUT2D eigenvalue weighted by atomic mass is 16.5. The average Bonchev–Trinajstić information content (AvgIpc) is 3.10. The van der Waals surface area contributed by atoms with Gasteiger partial charge in [0, 0.05) is 19.2 Å². The van der Waals surface area contributed by atoms with Crippen molar-refractivity contribution in [1.29, 1.82) is 0 Å². The van der Waals surface area contributed by atoms with Crippen LogP contribution < -0.4 is 10.1 Å². The fourth-order valence-electron chi connectivity index (χ4n) is 3.09. The third-order valence-electron chi connectivity index (χ3n) is 4.52. The van der Waals surface area contributed by atoms with Crippen LogP contribution in [0, 0.1) is 5.92 Å². The van der Waals surface area contributed by atoms with Gasteiger partial charge in [-0.05, 0) is 36.8 Å². The summed E-state index contributed by atoms with van der Waals surface area (Å²) in [6.07, 6.45) is 8.67. The number of hydrogen-bond acceptors (Lipinski definition) is 6. The van der Waals surface area contributed by atoms with E-state index in [-0.39, 0.29) is 24.0 Å². The lowest BCUT2D eigenvalue weighted by atomic mass is 9.75. The van der Waals surface area contributed by atoms with E-state index >= 15 is 0 Å². The number of carbonyl (C=O) groups is 1. The van der Waals surface area contributed by atoms with E-state index in [0.717, 1.165) is 5.56 Å². The number of rotatable bonds is 8. The fraction of sp³-hybridized carbons (Fsp3) is 0.529. The van der Waals surface area contributed by atoms with E-state index in [1.807, 2.05) is 6.07 Å². The molecule has 3 rings (SSSR count). The van der Waals surface area contributed by atoms with Crippen LogP contribution in [0.1, 0.15) is 37.3 Å². The Morgan fingerprint density at radius 3 is 2.96 bits per heavy atom. The molecule has 0 radical (unpaired) electrons. The molecule has 2 heterocycles. The molecule has 0 saturated heterocycles. The van der Waals surface area contributed by atoms with Crippen molar-refractivity contribution >= 4 is 5.91 Å². The molecule has 134 valence electrons. The molecular formula is C17H23N5O3. The van der Waals surface area contributed by atoms with Gasteiger partial charge in [0.05, 0.1) is 25.5 Å². The lowest BCUT2D eigenvalue weighted by Gasteiger charge is -2.38. The zero-order valence-electron chi connectivity index (χ0n) is 14.2. The van der Waals surface area contributed by atoms with Crippen molar-refractivity contribution in [2.75, 3.05) is 7.11 Å². The first-order valence-corrected chi connectivity index (χ1v) is 8.44. The van der Waals surface area contributed by atoms with E-state index in [4.69, 9.17) is 4.74 Å². The second-order valence-electron chi connectivity index (χ2n) is 6.35. The number of ether oxygens (including phenoxy) is 1. The van der Waals surface area contributed by atoms with Crippen molar-refractivity contribution in [2.45, 2.75) is 44.4 Å². The molecule has 2 aromatic rings. The summed E-state index contributed by atoms with van der Waals surface area (Å²) < 4.78 is 6.94. The summed E-state index contributed by atoms with van der Waals surface area (Å²) in [7, 11) is 1.59. The Balaban J connectivity index is 1.60. The maximum Gasteiger partial charge on any atom is 0.220 e. The summed E-state index contributed by atoms with van der Waals surface area (Å²) in [5, 5.41) is 16.7. The first kappa shape index (κ1) is 17.3. The van der Waals surface area contributed by atoms with Crippen LogP contribution in [0.25, 0.3) is 0 Å². The molecule has 8 nitrogen and oxygen atoms in total. The number of aliphatic hydroxyl groups is 1. The molecule has 0 bridgehead atoms. The van der Waals surface area contributed by atoms with E-state index in [0.29, 0.717) is 38.0 Å². The Morgan fingerprint density at radius 1 is 1.44 bits per heavy atom. The predicted octanol–water partition coefficient (Wildman–Crippen LogP) is 1.09. The topological polar surface area (TPSA) is 102 Å². The minimum atomic E-state index is -0.282. The number of aromatic nitrogens is 4. The number of nitrogens with one attached hydrogen (secondary N) is 1. The van der Waals surface area contributed by atoms with Gasteiger partial charge in [0.1, 0.15) is 18.4 Å². The Morgan fingerprint density at radius 2 is 2.28 bits per heavy atom. The SMILES string of the molecule is COc1cncc(C(NC(=O)CCCn2cncn2)C2CC(O)C2)c1. The van der Waals surface area contributed by atoms with E-state index in [2.05, 4.69) is 20.4 Å². The second-order valence-corrected chi connectivity index (χ2v) is 6.35. The van der Waals surface area contributed by atoms with Crippen LogP contribution in [0.3, 0.4) is 0 Å². The zero-order valence-corrected chi connectivity index (χ0v) is 14.2. The monoisotopic (exact) mass is 345 g/mol. The molecule has 1 atom stereocenters. The number of amides is 1. The zero-order chi connectivity index (χ0) is 17.6. The number of carbonyl (C=O) groups excluding carboxylic acids is 1. The van der Waals surface area contributed by atoms with Crippen molar-refractivity contribution in [3.8, 4) is 5.75 Å². The molecule has 0 aromatic carbocycles. The van der Waals surface area contributed by atoms with Crippen LogP contribution in [0.4, 0.5) is 0 Å². The summed E-state index contributed by atoms with van der Waals surface area (Å²) in [5.74, 6) is 0.847. The third kappa shape index (κ3) is 4.54. The van der Waals surface area contributed by atoms with Gasteiger partial charge in [-0.3, -0.25) is 14.5 Å². The van der Waals surface area contributed by atoms with E-state index in [1.165, 1.54) is 6.33 Å². The molecule has 2 aromatic heterocycles. The van der Waals surface area contributed by atoms with Gasteiger partial charge in [-0.1, -0.05) is 0 Å². The number of nitrogens with zero attached hydrogens (tertiary/aromatic N) is 4. The summed E-state index contributed by atoms with van der Waals surface area (Å²) in [5.41, 5.74) is 0.904. The van der Waals surface area contributed by atoms with Crippen molar-refractivity contribution in [3.63, 3.8) is 0 Å². The molecule has 1 fully saturated rings. The Kier molecular flexibility index (Phi) is 5.60. The quantitative estimate of drug-likeness (QED) is 0.742. The van der Waals surface area contributed by atoms with E-state index < -0.39 is 0 Å². The van der Waals surface area contributed by atoms with Gasteiger partial charge in [-0.15, -0.1) is 0 Å². The predicted molar refractivity (Wildman–Crippen MR) is 89.7 cm³/mol. The molecule has 0 spiro atoms. The van der Waals surface area contributed by atoms with E-state index in [1.54, 1.807) is 30.5 Å². The van der Waals surface area contributed by atoms with Crippen molar-refractivity contribution in [2.24, 2.45) is 5.92 Å². The van der Waals surface area contributed by atoms with Crippen molar-refractivity contribution in [1.82, 2.24) is 25.1 Å². The van der Waals surface area contributed by atoms with Gasteiger partial charge < -0.3 is 15.2 Å². The summed E-state index contributed by atoms with van der Waals surface area (Å²) in [6.45, 7) is 0.654. The summed E-state index contributed by atoms with van der Waals surface area (Å²) in [4.78, 5) is 20.4. The van der Waals surface area contributed by atoms with Crippen LogP contribution in [0.2, 0.25) is 0 Å². The maximum atomic E-state index is 12.4. The lowest BCUT2D eigenvalue weighted by molar-refractivity contribution is -0.123. The van der Waals surface area contributed by atoms with Crippen LogP contribution in [-0.4, -0.2) is 44.0 Å². The molecular weight excluding hydrogens is 322 g/mol. The van der Waals surface area contributed by atoms with Gasteiger partial charge in [0.25, 0.3) is 0 Å². The number of aryl methyl sites for hydroxylation is 1. The first-order valence-electron chi connectivity index (χ1n) is 8.44. The van der Waals surface area contributed by atoms with Crippen LogP contribution >= 0.6 is 0 Å². The standard InChI is InChI=1S/C17H23N5O3/c1-25-15-7-13(8-18-9-15)17(12-5-14(23)6-12)21-16(24)3-2-4-22-11-19-10-20-22/h7-12,14,17,23H,2-6H2,1H3,(H,21,24). The molecule has 0 aliphatic heterocycles. The highest BCUT2D eigenvalue weighted by Crippen LogP contribution is 2.38. The molecule has 1 amide bonds. The highest BCUT2D eigenvalue weighted by molar-refractivity contribution is 5.76. The lowest BCUT2D eigenvalue weighted by Crippen LogP contribution is -2.41. The van der Waals surface area contributed by atoms with Gasteiger partial charge in [-0.2, -0.15) is 5.10 Å². The van der Waals surface area contributed by atoms with Gasteiger partial charge in [0.2, 0.25) is 5.91 Å². The smallest absolute Gasteiger partial charge is 0.220 e.